The standard InChI is InChI=1S/C10H9NO2/c12-10(13)6-2-1-4-9-5-3-7-11-8-9/h3,5,7-8H,4,6H2,(H,12,13). The van der Waals surface area contributed by atoms with Gasteiger partial charge in [-0.15, -0.1) is 0 Å². The predicted molar refractivity (Wildman–Crippen MR) is 48.0 cm³/mol. The highest BCUT2D eigenvalue weighted by molar-refractivity contribution is 5.69. The number of hydrogen-bond donors (Lipinski definition) is 1. The number of aliphatic carboxylic acids is 1. The Morgan fingerprint density at radius 3 is 3.00 bits per heavy atom. The van der Waals surface area contributed by atoms with Crippen LogP contribution in [0.25, 0.3) is 0 Å². The van der Waals surface area contributed by atoms with Crippen LogP contribution in [0.1, 0.15) is 12.0 Å². The summed E-state index contributed by atoms with van der Waals surface area (Å²) in [6.45, 7) is 0. The molecule has 3 nitrogen and oxygen atoms in total. The van der Waals surface area contributed by atoms with Crippen LogP contribution in [-0.4, -0.2) is 16.1 Å². The van der Waals surface area contributed by atoms with Crippen LogP contribution in [0, 0.1) is 11.8 Å². The van der Waals surface area contributed by atoms with Crippen LogP contribution in [0.4, 0.5) is 0 Å². The molecule has 1 aromatic rings. The molecule has 0 unspecified atom stereocenters. The molecule has 0 amide bonds. The second-order valence-corrected chi connectivity index (χ2v) is 2.46. The van der Waals surface area contributed by atoms with Gasteiger partial charge in [-0.2, -0.15) is 0 Å². The van der Waals surface area contributed by atoms with Gasteiger partial charge in [0.1, 0.15) is 6.42 Å². The Labute approximate surface area is 76.4 Å². The Hall–Kier alpha value is -1.82. The summed E-state index contributed by atoms with van der Waals surface area (Å²) in [7, 11) is 0. The van der Waals surface area contributed by atoms with E-state index < -0.39 is 5.97 Å². The lowest BCUT2D eigenvalue weighted by Crippen LogP contribution is -1.90. The Morgan fingerprint density at radius 2 is 2.38 bits per heavy atom. The van der Waals surface area contributed by atoms with Crippen molar-refractivity contribution in [2.75, 3.05) is 0 Å². The third kappa shape index (κ3) is 3.92. The van der Waals surface area contributed by atoms with E-state index in [1.807, 2.05) is 12.1 Å². The lowest BCUT2D eigenvalue weighted by molar-refractivity contribution is -0.135. The van der Waals surface area contributed by atoms with E-state index in [0.717, 1.165) is 5.56 Å². The van der Waals surface area contributed by atoms with Gasteiger partial charge in [-0.25, -0.2) is 0 Å². The fourth-order valence-electron chi connectivity index (χ4n) is 0.805. The molecule has 0 saturated heterocycles. The fourth-order valence-corrected chi connectivity index (χ4v) is 0.805. The first-order valence-electron chi connectivity index (χ1n) is 3.85. The Kier molecular flexibility index (Phi) is 3.52. The van der Waals surface area contributed by atoms with Crippen LogP contribution in [-0.2, 0) is 11.2 Å². The quantitative estimate of drug-likeness (QED) is 0.685. The molecule has 0 radical (unpaired) electrons. The van der Waals surface area contributed by atoms with Crippen LogP contribution in [0.5, 0.6) is 0 Å². The molecule has 0 aliphatic heterocycles. The largest absolute Gasteiger partial charge is 0.481 e. The van der Waals surface area contributed by atoms with E-state index in [-0.39, 0.29) is 6.42 Å². The number of carbonyl (C=O) groups is 1. The molecule has 0 spiro atoms. The van der Waals surface area contributed by atoms with Crippen molar-refractivity contribution in [2.45, 2.75) is 12.8 Å². The molecule has 0 aromatic carbocycles. The second-order valence-electron chi connectivity index (χ2n) is 2.46. The Morgan fingerprint density at radius 1 is 1.54 bits per heavy atom. The van der Waals surface area contributed by atoms with Gasteiger partial charge in [-0.05, 0) is 11.6 Å². The Bertz CT molecular complexity index is 335. The molecule has 13 heavy (non-hydrogen) atoms. The zero-order valence-electron chi connectivity index (χ0n) is 7.03. The van der Waals surface area contributed by atoms with Gasteiger partial charge >= 0.3 is 5.97 Å². The van der Waals surface area contributed by atoms with Crippen molar-refractivity contribution in [3.63, 3.8) is 0 Å². The van der Waals surface area contributed by atoms with Crippen molar-refractivity contribution in [3.05, 3.63) is 30.1 Å². The van der Waals surface area contributed by atoms with Gasteiger partial charge in [0, 0.05) is 18.8 Å². The molecule has 3 heteroatoms. The normalized spacial score (nSPS) is 8.62. The first-order valence-corrected chi connectivity index (χ1v) is 3.85. The van der Waals surface area contributed by atoms with Crippen molar-refractivity contribution in [1.29, 1.82) is 0 Å². The highest BCUT2D eigenvalue weighted by Crippen LogP contribution is 1.94. The number of carboxylic acid groups (broad SMARTS) is 1. The van der Waals surface area contributed by atoms with Gasteiger partial charge < -0.3 is 5.11 Å². The van der Waals surface area contributed by atoms with Crippen LogP contribution < -0.4 is 0 Å². The average Bonchev–Trinajstić information content (AvgIpc) is 2.14. The maximum atomic E-state index is 10.1. The summed E-state index contributed by atoms with van der Waals surface area (Å²) in [5.41, 5.74) is 1.00. The maximum absolute atomic E-state index is 10.1. The number of carboxylic acids is 1. The Balaban J connectivity index is 2.42. The minimum atomic E-state index is -0.890. The number of aromatic nitrogens is 1. The van der Waals surface area contributed by atoms with Crippen molar-refractivity contribution in [1.82, 2.24) is 4.98 Å². The molecule has 1 aromatic heterocycles. The molecule has 66 valence electrons. The molecule has 0 aliphatic rings. The van der Waals surface area contributed by atoms with E-state index in [2.05, 4.69) is 16.8 Å². The van der Waals surface area contributed by atoms with E-state index in [4.69, 9.17) is 5.11 Å². The summed E-state index contributed by atoms with van der Waals surface area (Å²) < 4.78 is 0. The zero-order chi connectivity index (χ0) is 9.52. The minimum Gasteiger partial charge on any atom is -0.481 e. The van der Waals surface area contributed by atoms with E-state index in [1.54, 1.807) is 12.4 Å². The molecule has 1 N–H and O–H groups in total. The molecular formula is C10H9NO2. The molecule has 0 atom stereocenters. The number of hydrogen-bond acceptors (Lipinski definition) is 2. The highest BCUT2D eigenvalue weighted by atomic mass is 16.4. The fraction of sp³-hybridized carbons (Fsp3) is 0.200. The van der Waals surface area contributed by atoms with Gasteiger partial charge in [0.2, 0.25) is 0 Å². The van der Waals surface area contributed by atoms with E-state index in [9.17, 15) is 4.79 Å². The van der Waals surface area contributed by atoms with Crippen LogP contribution in [0.3, 0.4) is 0 Å². The van der Waals surface area contributed by atoms with E-state index in [1.165, 1.54) is 0 Å². The van der Waals surface area contributed by atoms with Crippen molar-refractivity contribution in [2.24, 2.45) is 0 Å². The maximum Gasteiger partial charge on any atom is 0.315 e. The smallest absolute Gasteiger partial charge is 0.315 e. The minimum absolute atomic E-state index is 0.0970. The van der Waals surface area contributed by atoms with Gasteiger partial charge in [-0.1, -0.05) is 17.9 Å². The van der Waals surface area contributed by atoms with Gasteiger partial charge in [0.05, 0.1) is 0 Å². The molecule has 0 saturated carbocycles. The average molecular weight is 175 g/mol. The van der Waals surface area contributed by atoms with Gasteiger partial charge in [0.25, 0.3) is 0 Å². The van der Waals surface area contributed by atoms with Crippen molar-refractivity contribution in [3.8, 4) is 11.8 Å². The van der Waals surface area contributed by atoms with Crippen LogP contribution >= 0.6 is 0 Å². The summed E-state index contributed by atoms with van der Waals surface area (Å²) >= 11 is 0. The van der Waals surface area contributed by atoms with Crippen molar-refractivity contribution < 1.29 is 9.90 Å². The number of pyridine rings is 1. The third-order valence-electron chi connectivity index (χ3n) is 1.38. The van der Waals surface area contributed by atoms with Crippen molar-refractivity contribution >= 4 is 5.97 Å². The highest BCUT2D eigenvalue weighted by Gasteiger charge is 1.89. The number of rotatable bonds is 2. The summed E-state index contributed by atoms with van der Waals surface area (Å²) in [4.78, 5) is 14.0. The zero-order valence-corrected chi connectivity index (χ0v) is 7.03. The topological polar surface area (TPSA) is 50.2 Å². The molecule has 1 rings (SSSR count). The SMILES string of the molecule is O=C(O)CC#CCc1cccnc1. The molecule has 0 aliphatic carbocycles. The summed E-state index contributed by atoms with van der Waals surface area (Å²) in [5, 5.41) is 8.30. The molecule has 1 heterocycles. The predicted octanol–water partition coefficient (Wildman–Crippen LogP) is 1.10. The van der Waals surface area contributed by atoms with E-state index >= 15 is 0 Å². The van der Waals surface area contributed by atoms with Gasteiger partial charge in [-0.3, -0.25) is 9.78 Å². The third-order valence-corrected chi connectivity index (χ3v) is 1.38. The summed E-state index contributed by atoms with van der Waals surface area (Å²) in [5.74, 6) is 4.43. The van der Waals surface area contributed by atoms with E-state index in [0.29, 0.717) is 6.42 Å². The lowest BCUT2D eigenvalue weighted by atomic mass is 10.2. The number of nitrogens with zero attached hydrogens (tertiary/aromatic N) is 1. The first kappa shape index (κ1) is 9.27. The second kappa shape index (κ2) is 4.94. The molecular weight excluding hydrogens is 166 g/mol. The summed E-state index contributed by atoms with van der Waals surface area (Å²) in [6.07, 6.45) is 3.87. The summed E-state index contributed by atoms with van der Waals surface area (Å²) in [6, 6.07) is 3.73. The first-order chi connectivity index (χ1) is 6.29. The molecule has 0 fully saturated rings. The van der Waals surface area contributed by atoms with Gasteiger partial charge in [0.15, 0.2) is 0 Å². The monoisotopic (exact) mass is 175 g/mol. The van der Waals surface area contributed by atoms with Crippen LogP contribution in [0.2, 0.25) is 0 Å². The molecule has 0 bridgehead atoms. The van der Waals surface area contributed by atoms with Crippen LogP contribution in [0.15, 0.2) is 24.5 Å². The lowest BCUT2D eigenvalue weighted by Gasteiger charge is -1.89.